The van der Waals surface area contributed by atoms with Crippen molar-refractivity contribution in [3.8, 4) is 0 Å². The number of allylic oxidation sites excluding steroid dienone is 1. The average molecular weight is 132 g/mol. The van der Waals surface area contributed by atoms with E-state index in [1.807, 2.05) is 13.0 Å². The summed E-state index contributed by atoms with van der Waals surface area (Å²) in [7, 11) is 0. The van der Waals surface area contributed by atoms with Gasteiger partial charge in [-0.15, -0.1) is 6.58 Å². The third kappa shape index (κ3) is 4.22. The molecule has 0 aliphatic carbocycles. The van der Waals surface area contributed by atoms with Crippen LogP contribution in [-0.2, 0) is 0 Å². The van der Waals surface area contributed by atoms with Crippen molar-refractivity contribution in [2.24, 2.45) is 0 Å². The first-order chi connectivity index (χ1) is 3.81. The summed E-state index contributed by atoms with van der Waals surface area (Å²) in [5, 5.41) is 0.355. The van der Waals surface area contributed by atoms with E-state index >= 15 is 0 Å². The van der Waals surface area contributed by atoms with Crippen molar-refractivity contribution >= 4 is 12.0 Å². The molecule has 1 atom stereocenters. The largest absolute Gasteiger partial charge is 0.330 e. The van der Waals surface area contributed by atoms with Gasteiger partial charge in [-0.25, -0.2) is 0 Å². The fraction of sp³-hybridized carbons (Fsp3) is 0.667. The quantitative estimate of drug-likeness (QED) is 0.468. The molecular formula is C6H12OS. The van der Waals surface area contributed by atoms with Crippen LogP contribution in [0.1, 0.15) is 19.8 Å². The molecule has 1 unspecified atom stereocenters. The molecule has 0 bridgehead atoms. The first-order valence-electron chi connectivity index (χ1n) is 2.72. The maximum atomic E-state index is 8.44. The van der Waals surface area contributed by atoms with E-state index in [1.54, 1.807) is 0 Å². The summed E-state index contributed by atoms with van der Waals surface area (Å²) in [4.78, 5) is 0. The summed E-state index contributed by atoms with van der Waals surface area (Å²) in [6.07, 6.45) is 3.88. The molecule has 0 fully saturated rings. The molecule has 8 heavy (non-hydrogen) atoms. The van der Waals surface area contributed by atoms with Crippen LogP contribution < -0.4 is 0 Å². The summed E-state index contributed by atoms with van der Waals surface area (Å²) >= 11 is 0.917. The first-order valence-corrected chi connectivity index (χ1v) is 3.56. The summed E-state index contributed by atoms with van der Waals surface area (Å²) in [5.41, 5.74) is 0. The van der Waals surface area contributed by atoms with Crippen molar-refractivity contribution < 1.29 is 4.55 Å². The highest BCUT2D eigenvalue weighted by atomic mass is 32.2. The fourth-order valence-corrected chi connectivity index (χ4v) is 0.647. The van der Waals surface area contributed by atoms with Crippen molar-refractivity contribution in [3.05, 3.63) is 12.7 Å². The number of hydrogen-bond donors (Lipinski definition) is 1. The predicted octanol–water partition coefficient (Wildman–Crippen LogP) is 2.55. The van der Waals surface area contributed by atoms with Crippen molar-refractivity contribution in [1.82, 2.24) is 0 Å². The SMILES string of the molecule is C=CCCC(C)SO. The van der Waals surface area contributed by atoms with E-state index in [4.69, 9.17) is 4.55 Å². The highest BCUT2D eigenvalue weighted by Crippen LogP contribution is 2.10. The Hall–Kier alpha value is 0.0500. The second-order valence-corrected chi connectivity index (χ2v) is 2.80. The molecule has 0 aliphatic rings. The van der Waals surface area contributed by atoms with Gasteiger partial charge in [0.05, 0.1) is 0 Å². The molecule has 0 saturated carbocycles. The van der Waals surface area contributed by atoms with Crippen LogP contribution in [0.3, 0.4) is 0 Å². The van der Waals surface area contributed by atoms with Crippen molar-refractivity contribution in [1.29, 1.82) is 0 Å². The second kappa shape index (κ2) is 5.19. The Morgan fingerprint density at radius 1 is 1.88 bits per heavy atom. The number of rotatable bonds is 4. The van der Waals surface area contributed by atoms with Gasteiger partial charge in [-0.1, -0.05) is 13.0 Å². The molecule has 48 valence electrons. The molecule has 0 saturated heterocycles. The first kappa shape index (κ1) is 8.05. The zero-order valence-corrected chi connectivity index (χ0v) is 5.95. The molecule has 0 rings (SSSR count). The molecule has 0 amide bonds. The van der Waals surface area contributed by atoms with E-state index in [-0.39, 0.29) is 0 Å². The molecule has 0 spiro atoms. The van der Waals surface area contributed by atoms with Gasteiger partial charge in [0.15, 0.2) is 0 Å². The predicted molar refractivity (Wildman–Crippen MR) is 39.1 cm³/mol. The molecule has 0 heterocycles. The van der Waals surface area contributed by atoms with Gasteiger partial charge in [0.25, 0.3) is 0 Å². The molecule has 1 nitrogen and oxygen atoms in total. The highest BCUT2D eigenvalue weighted by molar-refractivity contribution is 7.94. The smallest absolute Gasteiger partial charge is 0.0283 e. The van der Waals surface area contributed by atoms with E-state index in [0.29, 0.717) is 5.25 Å². The minimum absolute atomic E-state index is 0.355. The molecule has 0 radical (unpaired) electrons. The maximum absolute atomic E-state index is 8.44. The lowest BCUT2D eigenvalue weighted by Crippen LogP contribution is -1.92. The third-order valence-electron chi connectivity index (χ3n) is 0.957. The third-order valence-corrected chi connectivity index (χ3v) is 1.55. The van der Waals surface area contributed by atoms with Crippen LogP contribution in [0.15, 0.2) is 12.7 Å². The molecular weight excluding hydrogens is 120 g/mol. The van der Waals surface area contributed by atoms with Crippen molar-refractivity contribution in [2.45, 2.75) is 25.0 Å². The Labute approximate surface area is 55.0 Å². The summed E-state index contributed by atoms with van der Waals surface area (Å²) in [6, 6.07) is 0. The van der Waals surface area contributed by atoms with Crippen molar-refractivity contribution in [2.75, 3.05) is 0 Å². The van der Waals surface area contributed by atoms with Gasteiger partial charge in [0.2, 0.25) is 0 Å². The monoisotopic (exact) mass is 132 g/mol. The summed E-state index contributed by atoms with van der Waals surface area (Å²) < 4.78 is 8.44. The molecule has 2 heteroatoms. The van der Waals surface area contributed by atoms with Crippen LogP contribution in [0.5, 0.6) is 0 Å². The summed E-state index contributed by atoms with van der Waals surface area (Å²) in [6.45, 7) is 5.57. The van der Waals surface area contributed by atoms with Gasteiger partial charge >= 0.3 is 0 Å². The fourth-order valence-electron chi connectivity index (χ4n) is 0.405. The Morgan fingerprint density at radius 2 is 2.50 bits per heavy atom. The van der Waals surface area contributed by atoms with Gasteiger partial charge in [-0.3, -0.25) is 0 Å². The zero-order valence-electron chi connectivity index (χ0n) is 5.13. The van der Waals surface area contributed by atoms with E-state index in [1.165, 1.54) is 0 Å². The topological polar surface area (TPSA) is 20.2 Å². The van der Waals surface area contributed by atoms with Crippen LogP contribution in [0, 0.1) is 0 Å². The normalized spacial score (nSPS) is 13.2. The van der Waals surface area contributed by atoms with Gasteiger partial charge in [0, 0.05) is 5.25 Å². The maximum Gasteiger partial charge on any atom is 0.0283 e. The molecule has 0 aromatic rings. The molecule has 0 aromatic carbocycles. The van der Waals surface area contributed by atoms with E-state index in [9.17, 15) is 0 Å². The van der Waals surface area contributed by atoms with Crippen LogP contribution >= 0.6 is 12.0 Å². The van der Waals surface area contributed by atoms with Crippen LogP contribution in [0.4, 0.5) is 0 Å². The lowest BCUT2D eigenvalue weighted by atomic mass is 10.2. The van der Waals surface area contributed by atoms with Gasteiger partial charge < -0.3 is 4.55 Å². The lowest BCUT2D eigenvalue weighted by Gasteiger charge is -2.00. The second-order valence-electron chi connectivity index (χ2n) is 1.78. The Morgan fingerprint density at radius 3 is 2.88 bits per heavy atom. The zero-order chi connectivity index (χ0) is 6.41. The molecule has 0 aliphatic heterocycles. The Kier molecular flexibility index (Phi) is 5.22. The Bertz CT molecular complexity index is 63.5. The van der Waals surface area contributed by atoms with Gasteiger partial charge in [0.1, 0.15) is 0 Å². The van der Waals surface area contributed by atoms with Gasteiger partial charge in [-0.2, -0.15) is 0 Å². The van der Waals surface area contributed by atoms with Crippen LogP contribution in [-0.4, -0.2) is 9.80 Å². The Balaban J connectivity index is 2.97. The van der Waals surface area contributed by atoms with Gasteiger partial charge in [-0.05, 0) is 24.9 Å². The van der Waals surface area contributed by atoms with Crippen LogP contribution in [0.25, 0.3) is 0 Å². The minimum atomic E-state index is 0.355. The summed E-state index contributed by atoms with van der Waals surface area (Å²) in [5.74, 6) is 0. The molecule has 0 aromatic heterocycles. The standard InChI is InChI=1S/C6H12OS/c1-3-4-5-6(2)8-7/h3,6-7H,1,4-5H2,2H3. The molecule has 1 N–H and O–H groups in total. The van der Waals surface area contributed by atoms with E-state index in [2.05, 4.69) is 6.58 Å². The average Bonchev–Trinajstić information content (AvgIpc) is 1.83. The lowest BCUT2D eigenvalue weighted by molar-refractivity contribution is 0.643. The van der Waals surface area contributed by atoms with Crippen molar-refractivity contribution in [3.63, 3.8) is 0 Å². The van der Waals surface area contributed by atoms with E-state index in [0.717, 1.165) is 24.9 Å². The van der Waals surface area contributed by atoms with Crippen LogP contribution in [0.2, 0.25) is 0 Å². The minimum Gasteiger partial charge on any atom is -0.330 e. The highest BCUT2D eigenvalue weighted by Gasteiger charge is 1.96. The van der Waals surface area contributed by atoms with E-state index < -0.39 is 0 Å². The number of hydrogen-bond acceptors (Lipinski definition) is 2.